The summed E-state index contributed by atoms with van der Waals surface area (Å²) in [5.41, 5.74) is 0.201. The van der Waals surface area contributed by atoms with Gasteiger partial charge in [0.05, 0.1) is 30.5 Å². The molecule has 0 spiro atoms. The SMILES string of the molecule is CCCC[C@H]1CCC[C@@H](O[C@@H]2O[C@H](CO)[C@H](O)[C@H](O[C@@H](CC3CCCCC3)C(=O)O)[C@H]2OC(=O)c2ccccc2)[C@@H]1O[C@@H]1O[C@@H](C)[C@@H](O)[C@@H](O)[C@@H]1O. The van der Waals surface area contributed by atoms with E-state index < -0.39 is 98.3 Å². The van der Waals surface area contributed by atoms with Crippen molar-refractivity contribution in [3.05, 3.63) is 35.9 Å². The van der Waals surface area contributed by atoms with E-state index in [0.29, 0.717) is 6.42 Å². The summed E-state index contributed by atoms with van der Waals surface area (Å²) in [6, 6.07) is 8.17. The van der Waals surface area contributed by atoms with Gasteiger partial charge in [0.2, 0.25) is 0 Å². The maximum absolute atomic E-state index is 13.6. The molecular weight excluding hydrogens is 680 g/mol. The lowest BCUT2D eigenvalue weighted by Crippen LogP contribution is -2.64. The molecular formula is C38H58O14. The van der Waals surface area contributed by atoms with Crippen LogP contribution in [0.3, 0.4) is 0 Å². The molecule has 2 aliphatic heterocycles. The van der Waals surface area contributed by atoms with Crippen LogP contribution < -0.4 is 0 Å². The minimum absolute atomic E-state index is 0.0686. The van der Waals surface area contributed by atoms with E-state index in [4.69, 9.17) is 28.4 Å². The molecule has 0 aromatic heterocycles. The number of carbonyl (C=O) groups excluding carboxylic acids is 1. The average molecular weight is 739 g/mol. The van der Waals surface area contributed by atoms with Crippen molar-refractivity contribution >= 4 is 11.9 Å². The Bertz CT molecular complexity index is 1250. The maximum atomic E-state index is 13.6. The maximum Gasteiger partial charge on any atom is 0.338 e. The number of aliphatic carboxylic acids is 1. The van der Waals surface area contributed by atoms with Crippen molar-refractivity contribution in [3.63, 3.8) is 0 Å². The largest absolute Gasteiger partial charge is 0.479 e. The molecule has 14 heteroatoms. The Labute approximate surface area is 305 Å². The minimum atomic E-state index is -1.58. The summed E-state index contributed by atoms with van der Waals surface area (Å²) in [7, 11) is 0. The third-order valence-corrected chi connectivity index (χ3v) is 11.2. The highest BCUT2D eigenvalue weighted by Gasteiger charge is 2.53. The lowest BCUT2D eigenvalue weighted by atomic mass is 9.81. The molecule has 2 saturated carbocycles. The zero-order valence-corrected chi connectivity index (χ0v) is 30.2. The first-order chi connectivity index (χ1) is 25.0. The Balaban J connectivity index is 1.45. The third-order valence-electron chi connectivity index (χ3n) is 11.2. The van der Waals surface area contributed by atoms with E-state index in [1.165, 1.54) is 0 Å². The van der Waals surface area contributed by atoms with Crippen LogP contribution in [0.15, 0.2) is 30.3 Å². The second kappa shape index (κ2) is 19.4. The van der Waals surface area contributed by atoms with Crippen LogP contribution in [0.4, 0.5) is 0 Å². The number of ether oxygens (including phenoxy) is 6. The fourth-order valence-corrected chi connectivity index (χ4v) is 8.11. The third kappa shape index (κ3) is 10.1. The first-order valence-electron chi connectivity index (χ1n) is 19.1. The van der Waals surface area contributed by atoms with Gasteiger partial charge < -0.3 is 59.1 Å². The van der Waals surface area contributed by atoms with E-state index in [2.05, 4.69) is 6.92 Å². The number of benzene rings is 1. The van der Waals surface area contributed by atoms with Gasteiger partial charge in [-0.1, -0.05) is 76.5 Å². The Morgan fingerprint density at radius 2 is 1.56 bits per heavy atom. The van der Waals surface area contributed by atoms with Gasteiger partial charge in [-0.05, 0) is 56.6 Å². The molecule has 4 aliphatic rings. The van der Waals surface area contributed by atoms with Crippen molar-refractivity contribution in [3.8, 4) is 0 Å². The van der Waals surface area contributed by atoms with Gasteiger partial charge in [0, 0.05) is 0 Å². The van der Waals surface area contributed by atoms with Gasteiger partial charge in [-0.3, -0.25) is 0 Å². The molecule has 294 valence electrons. The minimum Gasteiger partial charge on any atom is -0.479 e. The van der Waals surface area contributed by atoms with Gasteiger partial charge in [0.1, 0.15) is 36.6 Å². The van der Waals surface area contributed by atoms with E-state index in [9.17, 15) is 40.2 Å². The van der Waals surface area contributed by atoms with E-state index in [0.717, 1.165) is 64.2 Å². The second-order valence-corrected chi connectivity index (χ2v) is 14.9. The Morgan fingerprint density at radius 3 is 2.23 bits per heavy atom. The number of rotatable bonds is 15. The fraction of sp³-hybridized carbons (Fsp3) is 0.789. The zero-order chi connectivity index (χ0) is 37.4. The molecule has 1 aromatic carbocycles. The molecule has 6 N–H and O–H groups in total. The van der Waals surface area contributed by atoms with Crippen molar-refractivity contribution in [2.45, 2.75) is 171 Å². The normalized spacial score (nSPS) is 38.0. The van der Waals surface area contributed by atoms with Crippen molar-refractivity contribution in [1.29, 1.82) is 0 Å². The quantitative estimate of drug-likeness (QED) is 0.143. The van der Waals surface area contributed by atoms with Crippen LogP contribution in [0, 0.1) is 11.8 Å². The standard InChI is InChI=1S/C38H58O14/c1-3-4-14-23-17-11-18-25(32(23)52-37-31(43)30(42)28(40)21(2)47-37)49-38-34(51-36(46)24-15-9-6-10-16-24)33(29(41)27(20-39)50-38)48-26(35(44)45)19-22-12-7-5-8-13-22/h6,9-10,15-16,21-23,25-34,37-43H,3-5,7-8,11-14,17-20H2,1-2H3,(H,44,45)/t21-,23-,25+,26-,27+,28+,29-,30+,31-,32+,33-,34+,37-,38+/m0/s1. The van der Waals surface area contributed by atoms with Crippen LogP contribution in [0.1, 0.15) is 101 Å². The summed E-state index contributed by atoms with van der Waals surface area (Å²) in [5, 5.41) is 63.7. The summed E-state index contributed by atoms with van der Waals surface area (Å²) in [6.07, 6.45) is -6.98. The molecule has 4 fully saturated rings. The summed E-state index contributed by atoms with van der Waals surface area (Å²) in [5.74, 6) is -1.95. The summed E-state index contributed by atoms with van der Waals surface area (Å²) in [6.45, 7) is 2.98. The first kappa shape index (κ1) is 40.9. The number of hydrogen-bond acceptors (Lipinski definition) is 13. The van der Waals surface area contributed by atoms with Gasteiger partial charge in [0.15, 0.2) is 24.8 Å². The number of unbranched alkanes of at least 4 members (excludes halogenated alkanes) is 1. The van der Waals surface area contributed by atoms with E-state index in [1.807, 2.05) is 0 Å². The zero-order valence-electron chi connectivity index (χ0n) is 30.2. The molecule has 0 bridgehead atoms. The molecule has 1 aromatic rings. The molecule has 0 unspecified atom stereocenters. The predicted octanol–water partition coefficient (Wildman–Crippen LogP) is 2.69. The van der Waals surface area contributed by atoms with Crippen LogP contribution >= 0.6 is 0 Å². The molecule has 2 aliphatic carbocycles. The molecule has 14 atom stereocenters. The van der Waals surface area contributed by atoms with Crippen molar-refractivity contribution in [1.82, 2.24) is 0 Å². The number of hydrogen-bond donors (Lipinski definition) is 6. The van der Waals surface area contributed by atoms with E-state index in [-0.39, 0.29) is 23.8 Å². The number of esters is 1. The molecule has 0 radical (unpaired) electrons. The number of aliphatic hydroxyl groups is 5. The van der Waals surface area contributed by atoms with Crippen molar-refractivity contribution < 1.29 is 68.6 Å². The smallest absolute Gasteiger partial charge is 0.338 e. The van der Waals surface area contributed by atoms with E-state index >= 15 is 0 Å². The van der Waals surface area contributed by atoms with Gasteiger partial charge in [0.25, 0.3) is 0 Å². The number of carboxylic acids is 1. The Morgan fingerprint density at radius 1 is 0.827 bits per heavy atom. The second-order valence-electron chi connectivity index (χ2n) is 14.9. The monoisotopic (exact) mass is 738 g/mol. The van der Waals surface area contributed by atoms with Crippen LogP contribution in [-0.4, -0.2) is 129 Å². The predicted molar refractivity (Wildman–Crippen MR) is 184 cm³/mol. The highest BCUT2D eigenvalue weighted by molar-refractivity contribution is 5.89. The summed E-state index contributed by atoms with van der Waals surface area (Å²) in [4.78, 5) is 26.2. The van der Waals surface area contributed by atoms with Crippen LogP contribution in [0.5, 0.6) is 0 Å². The van der Waals surface area contributed by atoms with E-state index in [1.54, 1.807) is 37.3 Å². The van der Waals surface area contributed by atoms with Crippen LogP contribution in [0.25, 0.3) is 0 Å². The van der Waals surface area contributed by atoms with Gasteiger partial charge >= 0.3 is 11.9 Å². The van der Waals surface area contributed by atoms with Crippen molar-refractivity contribution in [2.24, 2.45) is 11.8 Å². The summed E-state index contributed by atoms with van der Waals surface area (Å²) < 4.78 is 37.2. The number of aliphatic hydroxyl groups excluding tert-OH is 5. The average Bonchev–Trinajstić information content (AvgIpc) is 3.15. The number of carboxylic acid groups (broad SMARTS) is 1. The van der Waals surface area contributed by atoms with Gasteiger partial charge in [-0.25, -0.2) is 9.59 Å². The fourth-order valence-electron chi connectivity index (χ4n) is 8.11. The number of carbonyl (C=O) groups is 2. The molecule has 14 nitrogen and oxygen atoms in total. The molecule has 52 heavy (non-hydrogen) atoms. The van der Waals surface area contributed by atoms with Crippen LogP contribution in [0.2, 0.25) is 0 Å². The molecule has 5 rings (SSSR count). The Kier molecular flexibility index (Phi) is 15.3. The molecule has 2 heterocycles. The molecule has 2 saturated heterocycles. The highest BCUT2D eigenvalue weighted by atomic mass is 16.7. The first-order valence-corrected chi connectivity index (χ1v) is 19.1. The topological polar surface area (TPSA) is 211 Å². The molecule has 0 amide bonds. The van der Waals surface area contributed by atoms with Gasteiger partial charge in [-0.15, -0.1) is 0 Å². The van der Waals surface area contributed by atoms with Gasteiger partial charge in [-0.2, -0.15) is 0 Å². The Hall–Kier alpha value is -2.24. The highest BCUT2D eigenvalue weighted by Crippen LogP contribution is 2.39. The van der Waals surface area contributed by atoms with Crippen LogP contribution in [-0.2, 0) is 33.2 Å². The summed E-state index contributed by atoms with van der Waals surface area (Å²) >= 11 is 0. The van der Waals surface area contributed by atoms with Crippen molar-refractivity contribution in [2.75, 3.05) is 6.61 Å². The lowest BCUT2D eigenvalue weighted by molar-refractivity contribution is -0.348. The lowest BCUT2D eigenvalue weighted by Gasteiger charge is -2.48.